The van der Waals surface area contributed by atoms with Crippen molar-refractivity contribution >= 4 is 29.6 Å². The third-order valence-corrected chi connectivity index (χ3v) is 5.34. The molecule has 0 fully saturated rings. The Bertz CT molecular complexity index is 1190. The van der Waals surface area contributed by atoms with E-state index in [0.29, 0.717) is 17.5 Å². The highest BCUT2D eigenvalue weighted by Gasteiger charge is 2.15. The lowest BCUT2D eigenvalue weighted by molar-refractivity contribution is -0.118. The fourth-order valence-corrected chi connectivity index (χ4v) is 3.70. The van der Waals surface area contributed by atoms with Crippen LogP contribution in [-0.2, 0) is 11.3 Å². The standard InChI is InChI=1S/C23H22N6O2S/c1-17-12-13-20(31-17)14-25-27-22(30)16-32-23-28-26-21(15-24-18-8-4-2-5-9-18)29(23)19-10-6-3-7-11-19/h2-14,24H,15-16H2,1H3,(H,27,30)/b25-14-. The molecule has 4 aromatic rings. The van der Waals surface area contributed by atoms with Gasteiger partial charge in [0.15, 0.2) is 11.0 Å². The number of para-hydroxylation sites is 2. The Morgan fingerprint density at radius 1 is 1.06 bits per heavy atom. The van der Waals surface area contributed by atoms with Crippen LogP contribution in [0.3, 0.4) is 0 Å². The van der Waals surface area contributed by atoms with Gasteiger partial charge in [-0.1, -0.05) is 48.2 Å². The summed E-state index contributed by atoms with van der Waals surface area (Å²) < 4.78 is 7.33. The van der Waals surface area contributed by atoms with E-state index in [-0.39, 0.29) is 11.7 Å². The quantitative estimate of drug-likeness (QED) is 0.229. The Labute approximate surface area is 189 Å². The molecule has 0 unspecified atom stereocenters. The van der Waals surface area contributed by atoms with Crippen LogP contribution in [0.4, 0.5) is 5.69 Å². The average Bonchev–Trinajstić information content (AvgIpc) is 3.43. The largest absolute Gasteiger partial charge is 0.460 e. The van der Waals surface area contributed by atoms with Crippen molar-refractivity contribution in [2.24, 2.45) is 5.10 Å². The van der Waals surface area contributed by atoms with Gasteiger partial charge in [0, 0.05) is 11.4 Å². The summed E-state index contributed by atoms with van der Waals surface area (Å²) in [5.74, 6) is 2.00. The van der Waals surface area contributed by atoms with Crippen LogP contribution < -0.4 is 10.7 Å². The normalized spacial score (nSPS) is 11.0. The van der Waals surface area contributed by atoms with Gasteiger partial charge in [-0.2, -0.15) is 5.10 Å². The number of anilines is 1. The Morgan fingerprint density at radius 2 is 1.81 bits per heavy atom. The number of hydrazone groups is 1. The molecule has 32 heavy (non-hydrogen) atoms. The van der Waals surface area contributed by atoms with Crippen molar-refractivity contribution in [3.8, 4) is 5.69 Å². The fourth-order valence-electron chi connectivity index (χ4n) is 2.93. The maximum atomic E-state index is 12.2. The first-order valence-electron chi connectivity index (χ1n) is 9.99. The molecule has 162 valence electrons. The molecule has 0 saturated heterocycles. The van der Waals surface area contributed by atoms with Gasteiger partial charge < -0.3 is 9.73 Å². The highest BCUT2D eigenvalue weighted by atomic mass is 32.2. The molecular weight excluding hydrogens is 424 g/mol. The van der Waals surface area contributed by atoms with E-state index >= 15 is 0 Å². The number of aryl methyl sites for hydroxylation is 1. The molecule has 2 N–H and O–H groups in total. The molecule has 4 rings (SSSR count). The van der Waals surface area contributed by atoms with Crippen LogP contribution in [0.1, 0.15) is 17.3 Å². The number of furan rings is 1. The second-order valence-corrected chi connectivity index (χ2v) is 7.76. The first-order chi connectivity index (χ1) is 15.7. The van der Waals surface area contributed by atoms with E-state index in [1.807, 2.05) is 78.2 Å². The lowest BCUT2D eigenvalue weighted by Crippen LogP contribution is -2.20. The molecule has 8 nitrogen and oxygen atoms in total. The van der Waals surface area contributed by atoms with Gasteiger partial charge in [-0.3, -0.25) is 9.36 Å². The van der Waals surface area contributed by atoms with E-state index < -0.39 is 0 Å². The summed E-state index contributed by atoms with van der Waals surface area (Å²) in [5, 5.41) is 16.6. The molecule has 0 radical (unpaired) electrons. The Kier molecular flexibility index (Phi) is 6.98. The van der Waals surface area contributed by atoms with Crippen molar-refractivity contribution in [2.75, 3.05) is 11.1 Å². The molecule has 2 aromatic carbocycles. The number of hydrogen-bond acceptors (Lipinski definition) is 7. The van der Waals surface area contributed by atoms with Crippen LogP contribution >= 0.6 is 11.8 Å². The molecule has 2 aromatic heterocycles. The van der Waals surface area contributed by atoms with E-state index in [0.717, 1.165) is 23.0 Å². The smallest absolute Gasteiger partial charge is 0.250 e. The van der Waals surface area contributed by atoms with E-state index in [4.69, 9.17) is 4.42 Å². The molecular formula is C23H22N6O2S. The van der Waals surface area contributed by atoms with Crippen molar-refractivity contribution in [3.05, 3.63) is 90.1 Å². The molecule has 1 amide bonds. The number of amides is 1. The molecule has 0 aliphatic heterocycles. The summed E-state index contributed by atoms with van der Waals surface area (Å²) in [5.41, 5.74) is 4.42. The topological polar surface area (TPSA) is 97.3 Å². The first kappa shape index (κ1) is 21.4. The summed E-state index contributed by atoms with van der Waals surface area (Å²) in [7, 11) is 0. The number of carbonyl (C=O) groups excluding carboxylic acids is 1. The maximum Gasteiger partial charge on any atom is 0.250 e. The van der Waals surface area contributed by atoms with Crippen molar-refractivity contribution in [1.82, 2.24) is 20.2 Å². The van der Waals surface area contributed by atoms with E-state index in [2.05, 4.69) is 26.0 Å². The summed E-state index contributed by atoms with van der Waals surface area (Å²) in [6.07, 6.45) is 1.47. The number of carbonyl (C=O) groups is 1. The van der Waals surface area contributed by atoms with Gasteiger partial charge in [0.2, 0.25) is 0 Å². The van der Waals surface area contributed by atoms with Gasteiger partial charge in [-0.15, -0.1) is 10.2 Å². The number of benzene rings is 2. The van der Waals surface area contributed by atoms with Gasteiger partial charge >= 0.3 is 0 Å². The molecule has 0 aliphatic carbocycles. The second-order valence-electron chi connectivity index (χ2n) is 6.82. The average molecular weight is 447 g/mol. The van der Waals surface area contributed by atoms with Gasteiger partial charge in [0.1, 0.15) is 11.5 Å². The lowest BCUT2D eigenvalue weighted by Gasteiger charge is -2.11. The molecule has 9 heteroatoms. The number of nitrogens with zero attached hydrogens (tertiary/aromatic N) is 4. The molecule has 0 aliphatic rings. The van der Waals surface area contributed by atoms with Crippen LogP contribution in [0, 0.1) is 6.92 Å². The zero-order chi connectivity index (χ0) is 22.2. The fraction of sp³-hybridized carbons (Fsp3) is 0.130. The Hall–Kier alpha value is -3.85. The highest BCUT2D eigenvalue weighted by Crippen LogP contribution is 2.22. The van der Waals surface area contributed by atoms with Crippen LogP contribution in [0.15, 0.2) is 87.5 Å². The number of hydrogen-bond donors (Lipinski definition) is 2. The molecule has 0 atom stereocenters. The second kappa shape index (κ2) is 10.5. The van der Waals surface area contributed by atoms with Gasteiger partial charge in [0.25, 0.3) is 5.91 Å². The minimum Gasteiger partial charge on any atom is -0.460 e. The van der Waals surface area contributed by atoms with E-state index in [1.54, 1.807) is 6.07 Å². The zero-order valence-electron chi connectivity index (χ0n) is 17.4. The van der Waals surface area contributed by atoms with Crippen LogP contribution in [0.2, 0.25) is 0 Å². The monoisotopic (exact) mass is 446 g/mol. The minimum absolute atomic E-state index is 0.144. The van der Waals surface area contributed by atoms with Gasteiger partial charge in [-0.25, -0.2) is 5.43 Å². The van der Waals surface area contributed by atoms with Crippen LogP contribution in [0.25, 0.3) is 5.69 Å². The number of aromatic nitrogens is 3. The van der Waals surface area contributed by atoms with Gasteiger partial charge in [0.05, 0.1) is 18.5 Å². The summed E-state index contributed by atoms with van der Waals surface area (Å²) in [6.45, 7) is 2.34. The summed E-state index contributed by atoms with van der Waals surface area (Å²) in [4.78, 5) is 12.2. The zero-order valence-corrected chi connectivity index (χ0v) is 18.2. The Morgan fingerprint density at radius 3 is 2.53 bits per heavy atom. The van der Waals surface area contributed by atoms with Crippen molar-refractivity contribution in [1.29, 1.82) is 0 Å². The minimum atomic E-state index is -0.249. The van der Waals surface area contributed by atoms with E-state index in [1.165, 1.54) is 18.0 Å². The van der Waals surface area contributed by atoms with E-state index in [9.17, 15) is 4.79 Å². The van der Waals surface area contributed by atoms with Crippen LogP contribution in [-0.4, -0.2) is 32.6 Å². The van der Waals surface area contributed by atoms with Crippen molar-refractivity contribution in [2.45, 2.75) is 18.6 Å². The molecule has 0 saturated carbocycles. The number of thioether (sulfide) groups is 1. The molecule has 0 spiro atoms. The van der Waals surface area contributed by atoms with Gasteiger partial charge in [-0.05, 0) is 43.3 Å². The number of nitrogens with one attached hydrogen (secondary N) is 2. The van der Waals surface area contributed by atoms with Crippen LogP contribution in [0.5, 0.6) is 0 Å². The molecule has 2 heterocycles. The summed E-state index contributed by atoms with van der Waals surface area (Å²) in [6, 6.07) is 23.3. The highest BCUT2D eigenvalue weighted by molar-refractivity contribution is 7.99. The third kappa shape index (κ3) is 5.64. The maximum absolute atomic E-state index is 12.2. The van der Waals surface area contributed by atoms with Crippen molar-refractivity contribution < 1.29 is 9.21 Å². The molecule has 0 bridgehead atoms. The predicted octanol–water partition coefficient (Wildman–Crippen LogP) is 4.02. The predicted molar refractivity (Wildman–Crippen MR) is 125 cm³/mol. The lowest BCUT2D eigenvalue weighted by atomic mass is 10.3. The third-order valence-electron chi connectivity index (χ3n) is 4.41. The number of rotatable bonds is 9. The summed E-state index contributed by atoms with van der Waals surface area (Å²) >= 11 is 1.30. The van der Waals surface area contributed by atoms with Crippen molar-refractivity contribution in [3.63, 3.8) is 0 Å². The first-order valence-corrected chi connectivity index (χ1v) is 11.0. The Balaban J connectivity index is 1.42. The SMILES string of the molecule is Cc1ccc(/C=N\NC(=O)CSc2nnc(CNc3ccccc3)n2-c2ccccc2)o1.